The Morgan fingerprint density at radius 2 is 1.89 bits per heavy atom. The van der Waals surface area contributed by atoms with Crippen LogP contribution in [-0.2, 0) is 0 Å². The number of nitrogens with two attached hydrogens (primary N) is 1. The van der Waals surface area contributed by atoms with Crippen LogP contribution >= 0.6 is 0 Å². The molecule has 1 aromatic carbocycles. The molecule has 19 heavy (non-hydrogen) atoms. The van der Waals surface area contributed by atoms with Gasteiger partial charge in [0.05, 0.1) is 0 Å². The second kappa shape index (κ2) is 6.70. The average Bonchev–Trinajstić information content (AvgIpc) is 2.26. The van der Waals surface area contributed by atoms with Gasteiger partial charge in [-0.15, -0.1) is 0 Å². The van der Waals surface area contributed by atoms with Crippen LogP contribution in [0, 0.1) is 0 Å². The van der Waals surface area contributed by atoms with Crippen molar-refractivity contribution in [1.29, 1.82) is 0 Å². The van der Waals surface area contributed by atoms with Crippen LogP contribution in [0.5, 0.6) is 5.75 Å². The molecule has 1 rings (SSSR count). The molecule has 7 heteroatoms. The Hall–Kier alpha value is -1.37. The molecular formula is C12H14F5NO. The summed E-state index contributed by atoms with van der Waals surface area (Å²) in [6.45, 7) is -2.95. The van der Waals surface area contributed by atoms with Gasteiger partial charge in [0.1, 0.15) is 5.75 Å². The molecule has 1 aromatic rings. The molecule has 0 aromatic heterocycles. The Morgan fingerprint density at radius 3 is 2.47 bits per heavy atom. The molecule has 2 N–H and O–H groups in total. The zero-order chi connectivity index (χ0) is 14.5. The number of halogens is 5. The summed E-state index contributed by atoms with van der Waals surface area (Å²) in [6, 6.07) is 5.04. The largest absolute Gasteiger partial charge is 0.435 e. The molecule has 0 spiro atoms. The minimum absolute atomic E-state index is 0.0567. The van der Waals surface area contributed by atoms with Gasteiger partial charge in [0.2, 0.25) is 0 Å². The van der Waals surface area contributed by atoms with Crippen molar-refractivity contribution in [2.24, 2.45) is 5.73 Å². The van der Waals surface area contributed by atoms with Crippen LogP contribution < -0.4 is 10.5 Å². The average molecular weight is 283 g/mol. The maximum absolute atomic E-state index is 12.0. The molecule has 0 radical (unpaired) electrons. The van der Waals surface area contributed by atoms with Crippen LogP contribution in [0.1, 0.15) is 30.9 Å². The van der Waals surface area contributed by atoms with Gasteiger partial charge in [-0.1, -0.05) is 12.1 Å². The lowest BCUT2D eigenvalue weighted by Crippen LogP contribution is -2.13. The molecule has 108 valence electrons. The Labute approximate surface area is 107 Å². The second-order valence-electron chi connectivity index (χ2n) is 4.06. The van der Waals surface area contributed by atoms with Crippen LogP contribution in [-0.4, -0.2) is 12.8 Å². The summed E-state index contributed by atoms with van der Waals surface area (Å²) in [4.78, 5) is 0. The van der Waals surface area contributed by atoms with Gasteiger partial charge in [-0.2, -0.15) is 22.0 Å². The quantitative estimate of drug-likeness (QED) is 0.800. The molecule has 2 nitrogen and oxygen atoms in total. The fourth-order valence-corrected chi connectivity index (χ4v) is 1.61. The minimum Gasteiger partial charge on any atom is -0.435 e. The van der Waals surface area contributed by atoms with Crippen LogP contribution in [0.2, 0.25) is 0 Å². The van der Waals surface area contributed by atoms with Gasteiger partial charge in [0, 0.05) is 12.5 Å². The normalized spacial score (nSPS) is 13.6. The van der Waals surface area contributed by atoms with E-state index in [0.717, 1.165) is 0 Å². The summed E-state index contributed by atoms with van der Waals surface area (Å²) in [6.07, 6.45) is -5.10. The van der Waals surface area contributed by atoms with E-state index >= 15 is 0 Å². The van der Waals surface area contributed by atoms with E-state index in [1.165, 1.54) is 18.2 Å². The van der Waals surface area contributed by atoms with Crippen LogP contribution in [0.25, 0.3) is 0 Å². The monoisotopic (exact) mass is 283 g/mol. The fraction of sp³-hybridized carbons (Fsp3) is 0.500. The van der Waals surface area contributed by atoms with E-state index in [4.69, 9.17) is 5.73 Å². The number of rotatable bonds is 6. The SMILES string of the molecule is NC(CCCC(F)(F)F)c1cccc(OC(F)F)c1. The van der Waals surface area contributed by atoms with Crippen LogP contribution in [0.15, 0.2) is 24.3 Å². The Balaban J connectivity index is 2.54. The Kier molecular flexibility index (Phi) is 5.53. The highest BCUT2D eigenvalue weighted by molar-refractivity contribution is 5.30. The third kappa shape index (κ3) is 6.37. The third-order valence-electron chi connectivity index (χ3n) is 2.49. The van der Waals surface area contributed by atoms with E-state index < -0.39 is 25.3 Å². The van der Waals surface area contributed by atoms with E-state index in [9.17, 15) is 22.0 Å². The predicted molar refractivity (Wildman–Crippen MR) is 59.9 cm³/mol. The molecule has 1 atom stereocenters. The summed E-state index contributed by atoms with van der Waals surface area (Å²) in [5.74, 6) is -0.0567. The summed E-state index contributed by atoms with van der Waals surface area (Å²) >= 11 is 0. The number of alkyl halides is 5. The van der Waals surface area contributed by atoms with Gasteiger partial charge in [-0.25, -0.2) is 0 Å². The lowest BCUT2D eigenvalue weighted by Gasteiger charge is -2.14. The molecule has 0 bridgehead atoms. The van der Waals surface area contributed by atoms with Gasteiger partial charge in [-0.05, 0) is 30.5 Å². The molecule has 0 fully saturated rings. The van der Waals surface area contributed by atoms with Crippen molar-refractivity contribution in [1.82, 2.24) is 0 Å². The maximum Gasteiger partial charge on any atom is 0.389 e. The summed E-state index contributed by atoms with van der Waals surface area (Å²) in [5, 5.41) is 0. The van der Waals surface area contributed by atoms with E-state index in [-0.39, 0.29) is 18.6 Å². The molecule has 0 amide bonds. The van der Waals surface area contributed by atoms with Gasteiger partial charge >= 0.3 is 12.8 Å². The van der Waals surface area contributed by atoms with E-state index in [1.807, 2.05) is 0 Å². The third-order valence-corrected chi connectivity index (χ3v) is 2.49. The molecule has 0 saturated heterocycles. The predicted octanol–water partition coefficient (Wildman–Crippen LogP) is 4.02. The van der Waals surface area contributed by atoms with Crippen molar-refractivity contribution in [3.05, 3.63) is 29.8 Å². The first-order chi connectivity index (χ1) is 8.78. The first kappa shape index (κ1) is 15.7. The maximum atomic E-state index is 12.0. The molecule has 0 heterocycles. The highest BCUT2D eigenvalue weighted by atomic mass is 19.4. The van der Waals surface area contributed by atoms with Crippen LogP contribution in [0.4, 0.5) is 22.0 Å². The van der Waals surface area contributed by atoms with Crippen molar-refractivity contribution >= 4 is 0 Å². The standard InChI is InChI=1S/C12H14F5NO/c13-11(14)19-9-4-1-3-8(7-9)10(18)5-2-6-12(15,16)17/h1,3-4,7,10-11H,2,5-6,18H2. The number of ether oxygens (including phenoxy) is 1. The van der Waals surface area contributed by atoms with Gasteiger partial charge in [0.25, 0.3) is 0 Å². The minimum atomic E-state index is -4.21. The topological polar surface area (TPSA) is 35.2 Å². The van der Waals surface area contributed by atoms with Gasteiger partial charge in [-0.3, -0.25) is 0 Å². The van der Waals surface area contributed by atoms with Gasteiger partial charge < -0.3 is 10.5 Å². The van der Waals surface area contributed by atoms with Crippen molar-refractivity contribution in [3.63, 3.8) is 0 Å². The summed E-state index contributed by atoms with van der Waals surface area (Å²) in [5.41, 5.74) is 6.19. The number of hydrogen-bond donors (Lipinski definition) is 1. The molecule has 1 unspecified atom stereocenters. The first-order valence-electron chi connectivity index (χ1n) is 5.65. The molecule has 0 aliphatic heterocycles. The fourth-order valence-electron chi connectivity index (χ4n) is 1.61. The Morgan fingerprint density at radius 1 is 1.21 bits per heavy atom. The number of benzene rings is 1. The van der Waals surface area contributed by atoms with Crippen molar-refractivity contribution in [3.8, 4) is 5.75 Å². The molecule has 0 aliphatic rings. The summed E-state index contributed by atoms with van der Waals surface area (Å²) in [7, 11) is 0. The first-order valence-corrected chi connectivity index (χ1v) is 5.65. The second-order valence-corrected chi connectivity index (χ2v) is 4.06. The molecule has 0 aliphatic carbocycles. The van der Waals surface area contributed by atoms with Crippen molar-refractivity contribution in [2.75, 3.05) is 0 Å². The highest BCUT2D eigenvalue weighted by Crippen LogP contribution is 2.26. The lowest BCUT2D eigenvalue weighted by atomic mass is 10.0. The smallest absolute Gasteiger partial charge is 0.389 e. The van der Waals surface area contributed by atoms with Crippen LogP contribution in [0.3, 0.4) is 0 Å². The molecule has 0 saturated carbocycles. The Bertz CT molecular complexity index is 394. The van der Waals surface area contributed by atoms with Crippen molar-refractivity contribution < 1.29 is 26.7 Å². The van der Waals surface area contributed by atoms with E-state index in [1.54, 1.807) is 6.07 Å². The zero-order valence-electron chi connectivity index (χ0n) is 9.96. The van der Waals surface area contributed by atoms with E-state index in [0.29, 0.717) is 5.56 Å². The lowest BCUT2D eigenvalue weighted by molar-refractivity contribution is -0.135. The van der Waals surface area contributed by atoms with Crippen molar-refractivity contribution in [2.45, 2.75) is 38.1 Å². The molecular weight excluding hydrogens is 269 g/mol. The number of hydrogen-bond acceptors (Lipinski definition) is 2. The van der Waals surface area contributed by atoms with Gasteiger partial charge in [0.15, 0.2) is 0 Å². The highest BCUT2D eigenvalue weighted by Gasteiger charge is 2.26. The van der Waals surface area contributed by atoms with E-state index in [2.05, 4.69) is 4.74 Å². The zero-order valence-corrected chi connectivity index (χ0v) is 9.96. The summed E-state index contributed by atoms with van der Waals surface area (Å²) < 4.78 is 64.1.